The number of hydrogen-bond acceptors (Lipinski definition) is 4. The number of sulfonamides is 1. The van der Waals surface area contributed by atoms with Gasteiger partial charge in [0, 0.05) is 38.0 Å². The SMILES string of the molecule is Cc1ccccc1CN(C(=O)CCCN(c1ccc(F)c(F)c1)S(C)(=O)=O)[C@@H](Cc1ccccc1)C(=O)NC(C)C. The lowest BCUT2D eigenvalue weighted by atomic mass is 10.0. The van der Waals surface area contributed by atoms with E-state index in [1.54, 1.807) is 4.90 Å². The number of benzene rings is 3. The van der Waals surface area contributed by atoms with Crippen LogP contribution in [0.1, 0.15) is 43.4 Å². The lowest BCUT2D eigenvalue weighted by Crippen LogP contribution is -2.52. The van der Waals surface area contributed by atoms with Crippen LogP contribution in [-0.2, 0) is 32.6 Å². The fourth-order valence-electron chi connectivity index (χ4n) is 4.55. The highest BCUT2D eigenvalue weighted by atomic mass is 32.2. The van der Waals surface area contributed by atoms with Gasteiger partial charge in [0.1, 0.15) is 6.04 Å². The molecule has 0 aromatic heterocycles. The second kappa shape index (κ2) is 14.2. The molecule has 1 N–H and O–H groups in total. The molecule has 2 amide bonds. The minimum Gasteiger partial charge on any atom is -0.352 e. The number of hydrogen-bond donors (Lipinski definition) is 1. The monoisotopic (exact) mass is 585 g/mol. The summed E-state index contributed by atoms with van der Waals surface area (Å²) in [6.45, 7) is 5.69. The number of amides is 2. The van der Waals surface area contributed by atoms with E-state index < -0.39 is 27.7 Å². The van der Waals surface area contributed by atoms with Gasteiger partial charge in [-0.15, -0.1) is 0 Å². The van der Waals surface area contributed by atoms with Crippen molar-refractivity contribution < 1.29 is 26.8 Å². The summed E-state index contributed by atoms with van der Waals surface area (Å²) in [5.74, 6) is -2.87. The molecule has 0 radical (unpaired) electrons. The van der Waals surface area contributed by atoms with Gasteiger partial charge in [-0.3, -0.25) is 13.9 Å². The van der Waals surface area contributed by atoms with Crippen LogP contribution in [0.3, 0.4) is 0 Å². The Morgan fingerprint density at radius 2 is 1.59 bits per heavy atom. The van der Waals surface area contributed by atoms with Crippen LogP contribution in [-0.4, -0.2) is 50.0 Å². The van der Waals surface area contributed by atoms with Crippen LogP contribution in [0.5, 0.6) is 0 Å². The number of aryl methyl sites for hydroxylation is 1. The zero-order valence-electron chi connectivity index (χ0n) is 23.8. The number of nitrogens with zero attached hydrogens (tertiary/aromatic N) is 2. The first-order chi connectivity index (χ1) is 19.4. The zero-order valence-corrected chi connectivity index (χ0v) is 24.6. The number of anilines is 1. The average molecular weight is 586 g/mol. The maximum absolute atomic E-state index is 13.9. The minimum absolute atomic E-state index is 0.0334. The van der Waals surface area contributed by atoms with Gasteiger partial charge in [0.25, 0.3) is 0 Å². The third-order valence-electron chi connectivity index (χ3n) is 6.65. The maximum atomic E-state index is 13.9. The van der Waals surface area contributed by atoms with E-state index in [-0.39, 0.29) is 49.5 Å². The van der Waals surface area contributed by atoms with Crippen LogP contribution in [0.15, 0.2) is 72.8 Å². The van der Waals surface area contributed by atoms with E-state index in [1.165, 1.54) is 6.07 Å². The molecule has 0 saturated carbocycles. The van der Waals surface area contributed by atoms with Gasteiger partial charge in [-0.2, -0.15) is 0 Å². The van der Waals surface area contributed by atoms with E-state index in [1.807, 2.05) is 75.4 Å². The van der Waals surface area contributed by atoms with Crippen molar-refractivity contribution in [2.75, 3.05) is 17.1 Å². The van der Waals surface area contributed by atoms with E-state index in [0.29, 0.717) is 6.42 Å². The first-order valence-electron chi connectivity index (χ1n) is 13.5. The summed E-state index contributed by atoms with van der Waals surface area (Å²) >= 11 is 0. The molecule has 0 bridgehead atoms. The Bertz CT molecular complexity index is 1450. The number of halogens is 2. The molecule has 0 saturated heterocycles. The van der Waals surface area contributed by atoms with Gasteiger partial charge in [-0.25, -0.2) is 17.2 Å². The van der Waals surface area contributed by atoms with Crippen molar-refractivity contribution in [1.29, 1.82) is 0 Å². The summed E-state index contributed by atoms with van der Waals surface area (Å²) in [5.41, 5.74) is 2.71. The van der Waals surface area contributed by atoms with E-state index in [9.17, 15) is 26.8 Å². The highest BCUT2D eigenvalue weighted by molar-refractivity contribution is 7.92. The van der Waals surface area contributed by atoms with Crippen molar-refractivity contribution in [3.63, 3.8) is 0 Å². The molecule has 0 aliphatic heterocycles. The first-order valence-corrected chi connectivity index (χ1v) is 15.3. The molecule has 0 unspecified atom stereocenters. The second-order valence-corrected chi connectivity index (χ2v) is 12.3. The zero-order chi connectivity index (χ0) is 30.2. The smallest absolute Gasteiger partial charge is 0.243 e. The van der Waals surface area contributed by atoms with Gasteiger partial charge in [-0.1, -0.05) is 54.6 Å². The molecule has 220 valence electrons. The van der Waals surface area contributed by atoms with Gasteiger partial charge in [0.15, 0.2) is 11.6 Å². The fourth-order valence-corrected chi connectivity index (χ4v) is 5.51. The maximum Gasteiger partial charge on any atom is 0.243 e. The number of nitrogens with one attached hydrogen (secondary N) is 1. The second-order valence-electron chi connectivity index (χ2n) is 10.4. The third kappa shape index (κ3) is 9.11. The van der Waals surface area contributed by atoms with Crippen LogP contribution >= 0.6 is 0 Å². The Kier molecular flexibility index (Phi) is 11.0. The van der Waals surface area contributed by atoms with Crippen LogP contribution in [0, 0.1) is 18.6 Å². The van der Waals surface area contributed by atoms with Crippen molar-refractivity contribution >= 4 is 27.5 Å². The quantitative estimate of drug-likeness (QED) is 0.307. The summed E-state index contributed by atoms with van der Waals surface area (Å²) < 4.78 is 53.2. The number of carbonyl (C=O) groups excluding carboxylic acids is 2. The van der Waals surface area contributed by atoms with Gasteiger partial charge >= 0.3 is 0 Å². The Hall–Kier alpha value is -3.79. The Balaban J connectivity index is 1.89. The Morgan fingerprint density at radius 3 is 2.20 bits per heavy atom. The van der Waals surface area contributed by atoms with E-state index in [2.05, 4.69) is 5.32 Å². The molecule has 1 atom stereocenters. The van der Waals surface area contributed by atoms with Crippen molar-refractivity contribution in [1.82, 2.24) is 10.2 Å². The topological polar surface area (TPSA) is 86.8 Å². The Morgan fingerprint density at radius 1 is 0.927 bits per heavy atom. The predicted octanol–water partition coefficient (Wildman–Crippen LogP) is 4.98. The molecule has 3 aromatic rings. The molecule has 10 heteroatoms. The molecule has 7 nitrogen and oxygen atoms in total. The van der Waals surface area contributed by atoms with Crippen LogP contribution in [0.2, 0.25) is 0 Å². The number of carbonyl (C=O) groups is 2. The highest BCUT2D eigenvalue weighted by Gasteiger charge is 2.31. The molecule has 41 heavy (non-hydrogen) atoms. The average Bonchev–Trinajstić information content (AvgIpc) is 2.90. The predicted molar refractivity (Wildman–Crippen MR) is 157 cm³/mol. The summed E-state index contributed by atoms with van der Waals surface area (Å²) in [7, 11) is -3.85. The summed E-state index contributed by atoms with van der Waals surface area (Å²) in [4.78, 5) is 28.8. The first kappa shape index (κ1) is 31.7. The third-order valence-corrected chi connectivity index (χ3v) is 7.84. The fraction of sp³-hybridized carbons (Fsp3) is 0.355. The molecule has 0 fully saturated rings. The van der Waals surface area contributed by atoms with Crippen molar-refractivity contribution in [2.45, 2.75) is 58.7 Å². The van der Waals surface area contributed by atoms with Gasteiger partial charge in [0.2, 0.25) is 21.8 Å². The molecule has 0 aliphatic rings. The van der Waals surface area contributed by atoms with E-state index >= 15 is 0 Å². The largest absolute Gasteiger partial charge is 0.352 e. The van der Waals surface area contributed by atoms with Crippen molar-refractivity contribution in [3.05, 3.63) is 101 Å². The lowest BCUT2D eigenvalue weighted by Gasteiger charge is -2.33. The molecule has 3 rings (SSSR count). The molecular weight excluding hydrogens is 548 g/mol. The van der Waals surface area contributed by atoms with Gasteiger partial charge in [-0.05, 0) is 56.0 Å². The van der Waals surface area contributed by atoms with Crippen molar-refractivity contribution in [2.24, 2.45) is 0 Å². The molecule has 0 aliphatic carbocycles. The molecule has 0 spiro atoms. The number of rotatable bonds is 13. The standard InChI is InChI=1S/C31H37F2N3O4S/c1-22(2)34-31(38)29(19-24-12-6-5-7-13-24)35(21-25-14-9-8-11-23(25)3)30(37)15-10-18-36(41(4,39)40)26-16-17-27(32)28(33)20-26/h5-9,11-14,16-17,20,22,29H,10,15,18-19,21H2,1-4H3,(H,34,38)/t29-/m0/s1. The van der Waals surface area contributed by atoms with Crippen LogP contribution < -0.4 is 9.62 Å². The van der Waals surface area contributed by atoms with E-state index in [4.69, 9.17) is 0 Å². The van der Waals surface area contributed by atoms with Crippen LogP contribution in [0.4, 0.5) is 14.5 Å². The summed E-state index contributed by atoms with van der Waals surface area (Å²) in [6.07, 6.45) is 1.29. The van der Waals surface area contributed by atoms with E-state index in [0.717, 1.165) is 39.4 Å². The molecule has 3 aromatic carbocycles. The summed E-state index contributed by atoms with van der Waals surface area (Å²) in [5, 5.41) is 2.94. The molecule has 0 heterocycles. The Labute approximate surface area is 241 Å². The normalized spacial score (nSPS) is 12.2. The van der Waals surface area contributed by atoms with Crippen molar-refractivity contribution in [3.8, 4) is 0 Å². The van der Waals surface area contributed by atoms with Gasteiger partial charge in [0.05, 0.1) is 11.9 Å². The summed E-state index contributed by atoms with van der Waals surface area (Å²) in [6, 6.07) is 18.9. The highest BCUT2D eigenvalue weighted by Crippen LogP contribution is 2.22. The lowest BCUT2D eigenvalue weighted by molar-refractivity contribution is -0.141. The van der Waals surface area contributed by atoms with Gasteiger partial charge < -0.3 is 10.2 Å². The van der Waals surface area contributed by atoms with Crippen LogP contribution in [0.25, 0.3) is 0 Å². The minimum atomic E-state index is -3.85. The molecular formula is C31H37F2N3O4S.